The monoisotopic (exact) mass is 222 g/mol. The molecule has 0 aliphatic carbocycles. The Labute approximate surface area is 85.7 Å². The molecule has 0 heterocycles. The van der Waals surface area contributed by atoms with Crippen LogP contribution in [0.25, 0.3) is 0 Å². The van der Waals surface area contributed by atoms with Crippen molar-refractivity contribution in [3.8, 4) is 0 Å². The molecule has 0 bridgehead atoms. The van der Waals surface area contributed by atoms with Crippen molar-refractivity contribution >= 4 is 11.6 Å². The summed E-state index contributed by atoms with van der Waals surface area (Å²) in [5.41, 5.74) is -0.428. The first-order chi connectivity index (χ1) is 6.45. The zero-order valence-corrected chi connectivity index (χ0v) is 8.58. The van der Waals surface area contributed by atoms with Gasteiger partial charge in [-0.1, -0.05) is 31.5 Å². The fraction of sp³-hybridized carbons (Fsp3) is 0.400. The minimum atomic E-state index is -2.87. The molecule has 0 nitrogen and oxygen atoms in total. The van der Waals surface area contributed by atoms with Crippen LogP contribution in [-0.2, 0) is 0 Å². The lowest BCUT2D eigenvalue weighted by Gasteiger charge is -2.11. The Morgan fingerprint density at radius 2 is 1.79 bits per heavy atom. The third-order valence-electron chi connectivity index (χ3n) is 2.00. The lowest BCUT2D eigenvalue weighted by molar-refractivity contribution is 0.146. The summed E-state index contributed by atoms with van der Waals surface area (Å²) in [6, 6.07) is 2.75. The number of rotatable bonds is 2. The van der Waals surface area contributed by atoms with Gasteiger partial charge in [0.15, 0.2) is 0 Å². The Kier molecular flexibility index (Phi) is 3.43. The molecule has 1 aromatic rings. The summed E-state index contributed by atoms with van der Waals surface area (Å²) in [5, 5.41) is -0.220. The normalized spacial score (nSPS) is 11.4. The molecule has 0 aliphatic heterocycles. The summed E-state index contributed by atoms with van der Waals surface area (Å²) < 4.78 is 38.3. The SMILES string of the molecule is CC(C)c1ccc(Cl)c(C(F)F)c1F. The molecule has 0 N–H and O–H groups in total. The molecular weight excluding hydrogens is 213 g/mol. The van der Waals surface area contributed by atoms with Gasteiger partial charge in [0.2, 0.25) is 0 Å². The van der Waals surface area contributed by atoms with E-state index in [0.29, 0.717) is 0 Å². The van der Waals surface area contributed by atoms with E-state index in [1.165, 1.54) is 12.1 Å². The third kappa shape index (κ3) is 2.03. The van der Waals surface area contributed by atoms with Crippen LogP contribution in [0.3, 0.4) is 0 Å². The second-order valence-corrected chi connectivity index (χ2v) is 3.73. The second-order valence-electron chi connectivity index (χ2n) is 3.32. The highest BCUT2D eigenvalue weighted by molar-refractivity contribution is 6.31. The average Bonchev–Trinajstić information content (AvgIpc) is 2.02. The van der Waals surface area contributed by atoms with Crippen molar-refractivity contribution in [1.29, 1.82) is 0 Å². The Morgan fingerprint density at radius 1 is 1.21 bits per heavy atom. The van der Waals surface area contributed by atoms with Crippen LogP contribution in [0.1, 0.15) is 37.3 Å². The van der Waals surface area contributed by atoms with Gasteiger partial charge in [0.05, 0.1) is 10.6 Å². The van der Waals surface area contributed by atoms with E-state index in [1.54, 1.807) is 13.8 Å². The maximum absolute atomic E-state index is 13.5. The number of hydrogen-bond donors (Lipinski definition) is 0. The van der Waals surface area contributed by atoms with Gasteiger partial charge < -0.3 is 0 Å². The van der Waals surface area contributed by atoms with E-state index in [2.05, 4.69) is 0 Å². The van der Waals surface area contributed by atoms with Crippen LogP contribution in [0.2, 0.25) is 5.02 Å². The first-order valence-electron chi connectivity index (χ1n) is 4.21. The highest BCUT2D eigenvalue weighted by Crippen LogP contribution is 2.33. The molecule has 0 spiro atoms. The Balaban J connectivity index is 3.34. The van der Waals surface area contributed by atoms with Crippen LogP contribution in [0.5, 0.6) is 0 Å². The van der Waals surface area contributed by atoms with Crippen molar-refractivity contribution in [3.05, 3.63) is 34.1 Å². The highest BCUT2D eigenvalue weighted by Gasteiger charge is 2.21. The van der Waals surface area contributed by atoms with E-state index < -0.39 is 17.8 Å². The molecule has 14 heavy (non-hydrogen) atoms. The van der Waals surface area contributed by atoms with Crippen LogP contribution < -0.4 is 0 Å². The predicted molar refractivity (Wildman–Crippen MR) is 50.5 cm³/mol. The minimum Gasteiger partial charge on any atom is -0.206 e. The van der Waals surface area contributed by atoms with Crippen LogP contribution in [-0.4, -0.2) is 0 Å². The maximum atomic E-state index is 13.5. The van der Waals surface area contributed by atoms with Crippen molar-refractivity contribution in [2.75, 3.05) is 0 Å². The third-order valence-corrected chi connectivity index (χ3v) is 2.33. The summed E-state index contributed by atoms with van der Waals surface area (Å²) >= 11 is 5.48. The lowest BCUT2D eigenvalue weighted by Crippen LogP contribution is -2.00. The van der Waals surface area contributed by atoms with Gasteiger partial charge in [0.25, 0.3) is 6.43 Å². The molecule has 0 atom stereocenters. The summed E-state index contributed by atoms with van der Waals surface area (Å²) in [5.74, 6) is -1.02. The van der Waals surface area contributed by atoms with Crippen LogP contribution in [0, 0.1) is 5.82 Å². The number of halogens is 4. The molecule has 0 aromatic heterocycles. The van der Waals surface area contributed by atoms with Crippen LogP contribution >= 0.6 is 11.6 Å². The zero-order valence-electron chi connectivity index (χ0n) is 7.82. The van der Waals surface area contributed by atoms with E-state index >= 15 is 0 Å². The van der Waals surface area contributed by atoms with Crippen LogP contribution in [0.4, 0.5) is 13.2 Å². The van der Waals surface area contributed by atoms with Gasteiger partial charge in [0, 0.05) is 0 Å². The molecule has 1 aromatic carbocycles. The topological polar surface area (TPSA) is 0 Å². The summed E-state index contributed by atoms with van der Waals surface area (Å²) in [6.45, 7) is 3.48. The lowest BCUT2D eigenvalue weighted by atomic mass is 10.00. The highest BCUT2D eigenvalue weighted by atomic mass is 35.5. The second kappa shape index (κ2) is 4.22. The first-order valence-corrected chi connectivity index (χ1v) is 4.59. The molecule has 0 fully saturated rings. The average molecular weight is 223 g/mol. The van der Waals surface area contributed by atoms with Gasteiger partial charge in [-0.05, 0) is 17.5 Å². The van der Waals surface area contributed by atoms with Gasteiger partial charge >= 0.3 is 0 Å². The van der Waals surface area contributed by atoms with Gasteiger partial charge in [-0.3, -0.25) is 0 Å². The fourth-order valence-corrected chi connectivity index (χ4v) is 1.46. The van der Waals surface area contributed by atoms with Gasteiger partial charge in [0.1, 0.15) is 5.82 Å². The molecule has 0 amide bonds. The van der Waals surface area contributed by atoms with Crippen LogP contribution in [0.15, 0.2) is 12.1 Å². The molecule has 0 aliphatic rings. The quantitative estimate of drug-likeness (QED) is 0.689. The largest absolute Gasteiger partial charge is 0.268 e. The molecular formula is C10H10ClF3. The first kappa shape index (κ1) is 11.4. The summed E-state index contributed by atoms with van der Waals surface area (Å²) in [4.78, 5) is 0. The van der Waals surface area contributed by atoms with E-state index in [-0.39, 0.29) is 16.5 Å². The smallest absolute Gasteiger partial charge is 0.206 e. The molecule has 4 heteroatoms. The standard InChI is InChI=1S/C10H10ClF3/c1-5(2)6-3-4-7(11)8(9(6)12)10(13)14/h3-5,10H,1-2H3. The Morgan fingerprint density at radius 3 is 2.21 bits per heavy atom. The molecule has 0 radical (unpaired) electrons. The summed E-state index contributed by atoms with van der Waals surface area (Å²) in [6.07, 6.45) is -2.87. The van der Waals surface area contributed by atoms with Gasteiger partial charge in [-0.2, -0.15) is 0 Å². The number of alkyl halides is 2. The molecule has 78 valence electrons. The summed E-state index contributed by atoms with van der Waals surface area (Å²) in [7, 11) is 0. The number of hydrogen-bond acceptors (Lipinski definition) is 0. The predicted octanol–water partition coefficient (Wildman–Crippen LogP) is 4.54. The van der Waals surface area contributed by atoms with Crippen molar-refractivity contribution < 1.29 is 13.2 Å². The fourth-order valence-electron chi connectivity index (χ4n) is 1.23. The maximum Gasteiger partial charge on any atom is 0.268 e. The van der Waals surface area contributed by atoms with Crippen molar-refractivity contribution in [3.63, 3.8) is 0 Å². The Hall–Kier alpha value is -0.700. The van der Waals surface area contributed by atoms with Crippen molar-refractivity contribution in [2.45, 2.75) is 26.2 Å². The molecule has 0 saturated carbocycles. The van der Waals surface area contributed by atoms with Gasteiger partial charge in [-0.15, -0.1) is 0 Å². The van der Waals surface area contributed by atoms with E-state index in [4.69, 9.17) is 11.6 Å². The van der Waals surface area contributed by atoms with E-state index in [1.807, 2.05) is 0 Å². The molecule has 0 saturated heterocycles. The van der Waals surface area contributed by atoms with Gasteiger partial charge in [-0.25, -0.2) is 13.2 Å². The number of benzene rings is 1. The Bertz CT molecular complexity index is 334. The van der Waals surface area contributed by atoms with E-state index in [9.17, 15) is 13.2 Å². The zero-order chi connectivity index (χ0) is 10.9. The minimum absolute atomic E-state index is 0.134. The van der Waals surface area contributed by atoms with Crippen molar-refractivity contribution in [2.24, 2.45) is 0 Å². The molecule has 0 unspecified atom stereocenters. The van der Waals surface area contributed by atoms with E-state index in [0.717, 1.165) is 0 Å². The molecule has 1 rings (SSSR count). The van der Waals surface area contributed by atoms with Crippen molar-refractivity contribution in [1.82, 2.24) is 0 Å².